The first-order chi connectivity index (χ1) is 21.8. The van der Waals surface area contributed by atoms with Gasteiger partial charge in [0, 0.05) is 23.8 Å². The second kappa shape index (κ2) is 14.9. The molecule has 5 atom stereocenters. The maximum absolute atomic E-state index is 13.5. The van der Waals surface area contributed by atoms with Crippen molar-refractivity contribution in [1.29, 1.82) is 0 Å². The summed E-state index contributed by atoms with van der Waals surface area (Å²) in [7, 11) is -3.56. The molecule has 2 N–H and O–H groups in total. The lowest BCUT2D eigenvalue weighted by molar-refractivity contribution is 0.0461. The fraction of sp³-hybridized carbons (Fsp3) is 0.622. The summed E-state index contributed by atoms with van der Waals surface area (Å²) in [5.74, 6) is 1.09. The first-order valence-electron chi connectivity index (χ1n) is 17.3. The Morgan fingerprint density at radius 1 is 0.978 bits per heavy atom. The van der Waals surface area contributed by atoms with Crippen molar-refractivity contribution in [3.63, 3.8) is 0 Å². The summed E-state index contributed by atoms with van der Waals surface area (Å²) >= 11 is 6.39. The topological polar surface area (TPSA) is 78.9 Å². The Kier molecular flexibility index (Phi) is 10.9. The van der Waals surface area contributed by atoms with Gasteiger partial charge in [0.2, 0.25) is 10.0 Å². The Morgan fingerprint density at radius 2 is 1.80 bits per heavy atom. The van der Waals surface area contributed by atoms with Gasteiger partial charge in [0.25, 0.3) is 0 Å². The van der Waals surface area contributed by atoms with Crippen molar-refractivity contribution in [3.05, 3.63) is 75.8 Å². The Bertz CT molecular complexity index is 1440. The Hall–Kier alpha value is -1.90. The highest BCUT2D eigenvalue weighted by molar-refractivity contribution is 7.90. The van der Waals surface area contributed by atoms with Gasteiger partial charge < -0.3 is 14.7 Å². The lowest BCUT2D eigenvalue weighted by Crippen LogP contribution is -2.43. The zero-order valence-corrected chi connectivity index (χ0v) is 28.4. The molecule has 0 unspecified atom stereocenters. The average molecular weight is 655 g/mol. The van der Waals surface area contributed by atoms with Crippen molar-refractivity contribution in [2.45, 2.75) is 102 Å². The molecular formula is C37H51ClN2O4S. The lowest BCUT2D eigenvalue weighted by atomic mass is 9.70. The fourth-order valence-electron chi connectivity index (χ4n) is 7.88. The first kappa shape index (κ1) is 33.0. The van der Waals surface area contributed by atoms with Crippen molar-refractivity contribution in [2.24, 2.45) is 23.7 Å². The van der Waals surface area contributed by atoms with E-state index in [0.29, 0.717) is 31.3 Å². The number of hydrogen-bond donors (Lipinski definition) is 2. The highest BCUT2D eigenvalue weighted by atomic mass is 35.5. The molecule has 0 spiro atoms. The van der Waals surface area contributed by atoms with Crippen LogP contribution in [0, 0.1) is 23.7 Å². The minimum Gasteiger partial charge on any atom is -0.389 e. The molecule has 0 radical (unpaired) electrons. The maximum atomic E-state index is 13.5. The average Bonchev–Trinajstić information content (AvgIpc) is 2.99. The van der Waals surface area contributed by atoms with Crippen molar-refractivity contribution in [2.75, 3.05) is 24.7 Å². The largest absolute Gasteiger partial charge is 0.389 e. The SMILES string of the molecule is C[C@H]1C/C=C/[C@H](O)[C@@H]2CC[C@H]2CN2CCCCc3cc(Cl)ccc3CCc3ccc(cc32)COCNS(=O)(=O)[C@@H]1CC1CCC1. The number of ether oxygens (including phenoxy) is 1. The predicted molar refractivity (Wildman–Crippen MR) is 183 cm³/mol. The highest BCUT2D eigenvalue weighted by Gasteiger charge is 2.37. The molecule has 2 bridgehead atoms. The molecule has 2 aliphatic carbocycles. The van der Waals surface area contributed by atoms with E-state index in [0.717, 1.165) is 81.5 Å². The van der Waals surface area contributed by atoms with Crippen LogP contribution in [0.3, 0.4) is 0 Å². The molecule has 45 heavy (non-hydrogen) atoms. The minimum atomic E-state index is -3.56. The van der Waals surface area contributed by atoms with Crippen LogP contribution in [-0.4, -0.2) is 44.7 Å². The number of hydrogen-bond acceptors (Lipinski definition) is 5. The van der Waals surface area contributed by atoms with Gasteiger partial charge in [-0.1, -0.05) is 68.1 Å². The van der Waals surface area contributed by atoms with Gasteiger partial charge in [0.15, 0.2) is 0 Å². The second-order valence-electron chi connectivity index (χ2n) is 14.2. The first-order valence-corrected chi connectivity index (χ1v) is 19.2. The van der Waals surface area contributed by atoms with Crippen LogP contribution in [0.5, 0.6) is 0 Å². The zero-order chi connectivity index (χ0) is 31.4. The van der Waals surface area contributed by atoms with E-state index in [1.807, 2.05) is 25.1 Å². The number of nitrogens with one attached hydrogen (secondary N) is 1. The summed E-state index contributed by atoms with van der Waals surface area (Å²) < 4.78 is 35.9. The quantitative estimate of drug-likeness (QED) is 0.335. The van der Waals surface area contributed by atoms with E-state index >= 15 is 0 Å². The Labute approximate surface area is 275 Å². The number of allylic oxidation sites excluding steroid dienone is 1. The van der Waals surface area contributed by atoms with Crippen LogP contribution in [0.25, 0.3) is 0 Å². The molecule has 8 heteroatoms. The number of nitrogens with zero attached hydrogens (tertiary/aromatic N) is 1. The normalized spacial score (nSPS) is 30.6. The van der Waals surface area contributed by atoms with Gasteiger partial charge in [-0.25, -0.2) is 8.42 Å². The molecule has 6 rings (SSSR count). The third kappa shape index (κ3) is 8.16. The minimum absolute atomic E-state index is 0.0331. The van der Waals surface area contributed by atoms with Gasteiger partial charge in [-0.3, -0.25) is 0 Å². The molecule has 0 amide bonds. The van der Waals surface area contributed by atoms with Crippen LogP contribution in [-0.2, 0) is 40.6 Å². The molecule has 6 nitrogen and oxygen atoms in total. The number of anilines is 1. The number of rotatable bonds is 2. The summed E-state index contributed by atoms with van der Waals surface area (Å²) in [5.41, 5.74) is 6.36. The molecule has 0 aromatic heterocycles. The smallest absolute Gasteiger partial charge is 0.216 e. The van der Waals surface area contributed by atoms with Gasteiger partial charge in [0.1, 0.15) is 6.73 Å². The van der Waals surface area contributed by atoms with Crippen LogP contribution in [0.1, 0.15) is 87.0 Å². The molecule has 2 aliphatic heterocycles. The standard InChI is InChI=1S/C37H51ClN2O4S/c1-26-6-4-10-36(41)34-18-16-32(34)23-40-19-3-2-9-31-22-33(38)17-15-29(31)13-14-30-12-11-28(20-35(30)40)24-44-25-39-45(42,43)37(26)21-27-7-5-8-27/h4,10-12,15,17,20,22,26-27,32,34,36-37,39,41H,2-3,5-9,13-14,16,18-19,21,23-25H2,1H3/b10-4+/t26-,32-,34+,36-,37+/m0/s1. The van der Waals surface area contributed by atoms with Crippen LogP contribution < -0.4 is 9.62 Å². The summed E-state index contributed by atoms with van der Waals surface area (Å²) in [5, 5.41) is 11.6. The lowest BCUT2D eigenvalue weighted by Gasteiger charge is -2.43. The highest BCUT2D eigenvalue weighted by Crippen LogP contribution is 2.40. The summed E-state index contributed by atoms with van der Waals surface area (Å²) in [4.78, 5) is 2.56. The van der Waals surface area contributed by atoms with Gasteiger partial charge in [-0.15, -0.1) is 0 Å². The van der Waals surface area contributed by atoms with Crippen LogP contribution in [0.2, 0.25) is 5.02 Å². The van der Waals surface area contributed by atoms with Gasteiger partial charge in [-0.2, -0.15) is 4.72 Å². The third-order valence-electron chi connectivity index (χ3n) is 11.1. The predicted octanol–water partition coefficient (Wildman–Crippen LogP) is 7.20. The van der Waals surface area contributed by atoms with E-state index in [1.54, 1.807) is 0 Å². The monoisotopic (exact) mass is 654 g/mol. The maximum Gasteiger partial charge on any atom is 0.216 e. The Morgan fingerprint density at radius 3 is 2.58 bits per heavy atom. The molecular weight excluding hydrogens is 604 g/mol. The summed E-state index contributed by atoms with van der Waals surface area (Å²) in [6.07, 6.45) is 15.5. The van der Waals surface area contributed by atoms with Gasteiger partial charge in [-0.05, 0) is 122 Å². The van der Waals surface area contributed by atoms with E-state index in [-0.39, 0.29) is 18.6 Å². The molecule has 4 aliphatic rings. The fourth-order valence-corrected chi connectivity index (χ4v) is 9.78. The second-order valence-corrected chi connectivity index (χ2v) is 16.6. The van der Waals surface area contributed by atoms with Crippen molar-refractivity contribution in [1.82, 2.24) is 4.72 Å². The number of fused-ring (bicyclic) bond motifs is 3. The third-order valence-corrected chi connectivity index (χ3v) is 13.3. The number of sulfonamides is 1. The van der Waals surface area contributed by atoms with E-state index in [9.17, 15) is 13.5 Å². The van der Waals surface area contributed by atoms with Gasteiger partial charge in [0.05, 0.1) is 18.0 Å². The molecule has 2 aromatic rings. The van der Waals surface area contributed by atoms with E-state index in [2.05, 4.69) is 40.0 Å². The van der Waals surface area contributed by atoms with E-state index in [4.69, 9.17) is 16.3 Å². The van der Waals surface area contributed by atoms with Gasteiger partial charge >= 0.3 is 0 Å². The summed E-state index contributed by atoms with van der Waals surface area (Å²) in [6, 6.07) is 13.0. The molecule has 2 fully saturated rings. The van der Waals surface area contributed by atoms with E-state index in [1.165, 1.54) is 28.8 Å². The number of benzene rings is 2. The Balaban J connectivity index is 1.27. The van der Waals surface area contributed by atoms with Crippen molar-refractivity contribution >= 4 is 27.3 Å². The van der Waals surface area contributed by atoms with Crippen LogP contribution in [0.4, 0.5) is 5.69 Å². The molecule has 2 saturated carbocycles. The number of aryl methyl sites for hydroxylation is 3. The zero-order valence-electron chi connectivity index (χ0n) is 26.8. The van der Waals surface area contributed by atoms with Crippen LogP contribution in [0.15, 0.2) is 48.6 Å². The number of halogens is 1. The number of aliphatic hydroxyl groups excluding tert-OH is 1. The van der Waals surface area contributed by atoms with E-state index < -0.39 is 21.4 Å². The molecule has 246 valence electrons. The van der Waals surface area contributed by atoms with Crippen molar-refractivity contribution < 1.29 is 18.3 Å². The molecule has 2 heterocycles. The van der Waals surface area contributed by atoms with Crippen molar-refractivity contribution in [3.8, 4) is 0 Å². The number of aliphatic hydroxyl groups is 1. The molecule has 2 aromatic carbocycles. The molecule has 0 saturated heterocycles. The van der Waals surface area contributed by atoms with Crippen LogP contribution >= 0.6 is 11.6 Å². The summed E-state index contributed by atoms with van der Waals surface area (Å²) in [6.45, 7) is 4.25.